The normalized spacial score (nSPS) is 28.1. The van der Waals surface area contributed by atoms with Gasteiger partial charge in [-0.05, 0) is 25.6 Å². The van der Waals surface area contributed by atoms with Crippen LogP contribution < -0.4 is 11.5 Å². The van der Waals surface area contributed by atoms with E-state index in [2.05, 4.69) is 0 Å². The fourth-order valence-corrected chi connectivity index (χ4v) is 2.55. The maximum absolute atomic E-state index is 11.9. The third kappa shape index (κ3) is 4.17. The van der Waals surface area contributed by atoms with E-state index in [4.69, 9.17) is 21.5 Å². The van der Waals surface area contributed by atoms with Crippen LogP contribution in [0.15, 0.2) is 0 Å². The smallest absolute Gasteiger partial charge is 0.451 e. The zero-order chi connectivity index (χ0) is 15.5. The summed E-state index contributed by atoms with van der Waals surface area (Å²) in [5, 5.41) is 27.0. The number of carboxylic acid groups (broad SMARTS) is 1. The highest BCUT2D eigenvalue weighted by Crippen LogP contribution is 2.28. The second kappa shape index (κ2) is 6.53. The van der Waals surface area contributed by atoms with Crippen molar-refractivity contribution in [1.82, 2.24) is 4.90 Å². The van der Waals surface area contributed by atoms with Gasteiger partial charge >= 0.3 is 13.1 Å². The summed E-state index contributed by atoms with van der Waals surface area (Å²) < 4.78 is 0. The maximum Gasteiger partial charge on any atom is 0.451 e. The Kier molecular flexibility index (Phi) is 5.52. The summed E-state index contributed by atoms with van der Waals surface area (Å²) in [5.74, 6) is -1.72. The van der Waals surface area contributed by atoms with Crippen LogP contribution in [0.3, 0.4) is 0 Å². The first-order valence-electron chi connectivity index (χ1n) is 6.58. The van der Waals surface area contributed by atoms with Gasteiger partial charge in [0.05, 0.1) is 6.04 Å². The summed E-state index contributed by atoms with van der Waals surface area (Å²) in [4.78, 5) is 24.6. The first kappa shape index (κ1) is 16.9. The van der Waals surface area contributed by atoms with Gasteiger partial charge in [-0.15, -0.1) is 0 Å². The highest BCUT2D eigenvalue weighted by Gasteiger charge is 2.44. The number of carboxylic acids is 1. The van der Waals surface area contributed by atoms with E-state index in [1.807, 2.05) is 0 Å². The molecule has 1 aliphatic rings. The fourth-order valence-electron chi connectivity index (χ4n) is 2.55. The standard InChI is InChI=1S/C11H22BN3O5/c1-7(13)9(16)15-5-8(2-3-12(19)20)4-11(14,6-15)10(17)18/h7-8,19-20H,2-6,13-14H2,1H3,(H,17,18)/t7?,8-,11-/m1/s1. The van der Waals surface area contributed by atoms with Crippen LogP contribution in [0.5, 0.6) is 0 Å². The Morgan fingerprint density at radius 3 is 2.55 bits per heavy atom. The number of aliphatic carboxylic acids is 1. The predicted molar refractivity (Wildman–Crippen MR) is 72.5 cm³/mol. The predicted octanol–water partition coefficient (Wildman–Crippen LogP) is -2.17. The molecule has 20 heavy (non-hydrogen) atoms. The van der Waals surface area contributed by atoms with Gasteiger partial charge in [0.2, 0.25) is 5.91 Å². The summed E-state index contributed by atoms with van der Waals surface area (Å²) in [6.07, 6.45) is 0.686. The quantitative estimate of drug-likeness (QED) is 0.361. The van der Waals surface area contributed by atoms with Crippen molar-refractivity contribution >= 4 is 19.0 Å². The molecule has 9 heteroatoms. The molecule has 0 spiro atoms. The minimum Gasteiger partial charge on any atom is -0.480 e. The molecule has 0 bridgehead atoms. The number of hydrogen-bond donors (Lipinski definition) is 5. The number of likely N-dealkylation sites (tertiary alicyclic amines) is 1. The first-order valence-corrected chi connectivity index (χ1v) is 6.58. The van der Waals surface area contributed by atoms with Gasteiger partial charge in [0.25, 0.3) is 0 Å². The van der Waals surface area contributed by atoms with Gasteiger partial charge in [-0.1, -0.05) is 6.42 Å². The summed E-state index contributed by atoms with van der Waals surface area (Å²) >= 11 is 0. The molecule has 114 valence electrons. The van der Waals surface area contributed by atoms with Crippen molar-refractivity contribution in [3.05, 3.63) is 0 Å². The Labute approximate surface area is 117 Å². The van der Waals surface area contributed by atoms with Crippen molar-refractivity contribution in [3.8, 4) is 0 Å². The molecule has 3 atom stereocenters. The number of hydrogen-bond acceptors (Lipinski definition) is 6. The van der Waals surface area contributed by atoms with E-state index >= 15 is 0 Å². The van der Waals surface area contributed by atoms with Crippen LogP contribution >= 0.6 is 0 Å². The summed E-state index contributed by atoms with van der Waals surface area (Å²) in [7, 11) is -1.45. The van der Waals surface area contributed by atoms with Gasteiger partial charge in [-0.2, -0.15) is 0 Å². The van der Waals surface area contributed by atoms with Crippen molar-refractivity contribution in [2.75, 3.05) is 13.1 Å². The van der Waals surface area contributed by atoms with Crippen molar-refractivity contribution in [3.63, 3.8) is 0 Å². The molecular weight excluding hydrogens is 265 g/mol. The molecule has 1 saturated heterocycles. The molecule has 1 unspecified atom stereocenters. The van der Waals surface area contributed by atoms with Gasteiger partial charge in [-0.25, -0.2) is 0 Å². The lowest BCUT2D eigenvalue weighted by molar-refractivity contribution is -0.149. The summed E-state index contributed by atoms with van der Waals surface area (Å²) in [6, 6.07) is -0.727. The number of nitrogens with two attached hydrogens (primary N) is 2. The van der Waals surface area contributed by atoms with E-state index in [1.165, 1.54) is 11.8 Å². The topological polar surface area (TPSA) is 150 Å². The van der Waals surface area contributed by atoms with Gasteiger partial charge in [0, 0.05) is 13.1 Å². The molecule has 0 aromatic carbocycles. The molecule has 7 N–H and O–H groups in total. The van der Waals surface area contributed by atoms with E-state index < -0.39 is 24.7 Å². The molecule has 0 aromatic heterocycles. The fraction of sp³-hybridized carbons (Fsp3) is 0.818. The van der Waals surface area contributed by atoms with Crippen molar-refractivity contribution < 1.29 is 24.7 Å². The highest BCUT2D eigenvalue weighted by atomic mass is 16.4. The third-order valence-corrected chi connectivity index (χ3v) is 3.56. The molecule has 1 aliphatic heterocycles. The average Bonchev–Trinajstić information content (AvgIpc) is 2.34. The van der Waals surface area contributed by atoms with Crippen molar-refractivity contribution in [1.29, 1.82) is 0 Å². The molecule has 1 rings (SSSR count). The summed E-state index contributed by atoms with van der Waals surface area (Å²) in [6.45, 7) is 1.78. The summed E-state index contributed by atoms with van der Waals surface area (Å²) in [5.41, 5.74) is 9.89. The molecule has 1 amide bonds. The molecule has 8 nitrogen and oxygen atoms in total. The molecule has 0 saturated carbocycles. The van der Waals surface area contributed by atoms with Crippen molar-refractivity contribution in [2.24, 2.45) is 17.4 Å². The first-order chi connectivity index (χ1) is 9.15. The van der Waals surface area contributed by atoms with E-state index in [-0.39, 0.29) is 31.1 Å². The number of nitrogens with zero attached hydrogens (tertiary/aromatic N) is 1. The lowest BCUT2D eigenvalue weighted by atomic mass is 9.75. The molecule has 1 fully saturated rings. The van der Waals surface area contributed by atoms with Crippen LogP contribution in [0.2, 0.25) is 6.32 Å². The van der Waals surface area contributed by atoms with E-state index in [0.717, 1.165) is 0 Å². The molecule has 0 radical (unpaired) electrons. The van der Waals surface area contributed by atoms with Crippen LogP contribution in [0, 0.1) is 5.92 Å². The van der Waals surface area contributed by atoms with Crippen molar-refractivity contribution in [2.45, 2.75) is 37.7 Å². The monoisotopic (exact) mass is 287 g/mol. The van der Waals surface area contributed by atoms with Gasteiger partial charge in [0.15, 0.2) is 0 Å². The Balaban J connectivity index is 2.83. The minimum atomic E-state index is -1.52. The Morgan fingerprint density at radius 2 is 2.10 bits per heavy atom. The van der Waals surface area contributed by atoms with Crippen LogP contribution in [-0.4, -0.2) is 63.7 Å². The zero-order valence-corrected chi connectivity index (χ0v) is 11.5. The maximum atomic E-state index is 11.9. The van der Waals surface area contributed by atoms with Gasteiger partial charge in [0.1, 0.15) is 5.54 Å². The third-order valence-electron chi connectivity index (χ3n) is 3.56. The van der Waals surface area contributed by atoms with E-state index in [9.17, 15) is 14.7 Å². The van der Waals surface area contributed by atoms with Crippen LogP contribution in [0.25, 0.3) is 0 Å². The lowest BCUT2D eigenvalue weighted by Gasteiger charge is -2.42. The zero-order valence-electron chi connectivity index (χ0n) is 11.5. The number of rotatable bonds is 5. The second-order valence-corrected chi connectivity index (χ2v) is 5.60. The minimum absolute atomic E-state index is 0.0825. The molecular formula is C11H22BN3O5. The number of amides is 1. The Hall–Kier alpha value is -1.16. The van der Waals surface area contributed by atoms with E-state index in [0.29, 0.717) is 13.0 Å². The largest absolute Gasteiger partial charge is 0.480 e. The number of piperidine rings is 1. The molecule has 0 aromatic rings. The number of carbonyl (C=O) groups is 2. The second-order valence-electron chi connectivity index (χ2n) is 5.60. The highest BCUT2D eigenvalue weighted by molar-refractivity contribution is 6.40. The van der Waals surface area contributed by atoms with Crippen LogP contribution in [-0.2, 0) is 9.59 Å². The Morgan fingerprint density at radius 1 is 1.50 bits per heavy atom. The van der Waals surface area contributed by atoms with Gasteiger partial charge < -0.3 is 31.5 Å². The average molecular weight is 287 g/mol. The number of carbonyl (C=O) groups excluding carboxylic acids is 1. The lowest BCUT2D eigenvalue weighted by Crippen LogP contribution is -2.64. The van der Waals surface area contributed by atoms with Crippen LogP contribution in [0.4, 0.5) is 0 Å². The van der Waals surface area contributed by atoms with Gasteiger partial charge in [-0.3, -0.25) is 9.59 Å². The van der Waals surface area contributed by atoms with Crippen LogP contribution in [0.1, 0.15) is 19.8 Å². The Bertz CT molecular complexity index is 379. The SMILES string of the molecule is CC(N)C(=O)N1C[C@H](CCB(O)O)C[C@](N)(C(=O)O)C1. The molecule has 1 heterocycles. The molecule has 0 aliphatic carbocycles. The van der Waals surface area contributed by atoms with E-state index in [1.54, 1.807) is 0 Å².